The highest BCUT2D eigenvalue weighted by Gasteiger charge is 2.34. The molecule has 6 nitrogen and oxygen atoms in total. The van der Waals surface area contributed by atoms with Crippen molar-refractivity contribution in [1.82, 2.24) is 10.3 Å². The fourth-order valence-electron chi connectivity index (χ4n) is 2.44. The van der Waals surface area contributed by atoms with Crippen LogP contribution in [0, 0.1) is 5.82 Å². The Labute approximate surface area is 188 Å². The summed E-state index contributed by atoms with van der Waals surface area (Å²) in [4.78, 5) is 27.5. The lowest BCUT2D eigenvalue weighted by molar-refractivity contribution is -0.137. The van der Waals surface area contributed by atoms with Gasteiger partial charge in [-0.3, -0.25) is 10.1 Å². The number of nitrogens with one attached hydrogen (secondary N) is 2. The van der Waals surface area contributed by atoms with Crippen LogP contribution in [0.15, 0.2) is 54.6 Å². The SMILES string of the molecule is O=C(NC(=O)c1ccccc1F)Nc1ccc(Oc2ccc(C(F)(F)F)c(Cl)n2)c(Cl)c1. The molecule has 32 heavy (non-hydrogen) atoms. The number of rotatable bonds is 4. The summed E-state index contributed by atoms with van der Waals surface area (Å²) in [5.41, 5.74) is -1.28. The van der Waals surface area contributed by atoms with Crippen LogP contribution >= 0.6 is 23.2 Å². The minimum absolute atomic E-state index is 0.0170. The minimum atomic E-state index is -4.66. The van der Waals surface area contributed by atoms with E-state index >= 15 is 0 Å². The summed E-state index contributed by atoms with van der Waals surface area (Å²) in [6, 6.07) is 9.77. The predicted molar refractivity (Wildman–Crippen MR) is 109 cm³/mol. The second kappa shape index (κ2) is 9.41. The molecule has 166 valence electrons. The molecule has 3 aromatic rings. The van der Waals surface area contributed by atoms with Crippen molar-refractivity contribution in [2.75, 3.05) is 5.32 Å². The molecule has 0 radical (unpaired) electrons. The molecule has 1 aromatic heterocycles. The number of hydrogen-bond donors (Lipinski definition) is 2. The summed E-state index contributed by atoms with van der Waals surface area (Å²) >= 11 is 11.6. The van der Waals surface area contributed by atoms with Gasteiger partial charge in [-0.2, -0.15) is 13.2 Å². The Morgan fingerprint density at radius 1 is 1.00 bits per heavy atom. The zero-order valence-corrected chi connectivity index (χ0v) is 17.1. The number of anilines is 1. The molecule has 0 unspecified atom stereocenters. The van der Waals surface area contributed by atoms with Gasteiger partial charge in [-0.25, -0.2) is 14.2 Å². The van der Waals surface area contributed by atoms with Gasteiger partial charge in [0.15, 0.2) is 0 Å². The zero-order chi connectivity index (χ0) is 23.5. The smallest absolute Gasteiger partial charge is 0.419 e. The van der Waals surface area contributed by atoms with Crippen molar-refractivity contribution in [1.29, 1.82) is 0 Å². The number of alkyl halides is 3. The number of benzene rings is 2. The van der Waals surface area contributed by atoms with E-state index in [1.807, 2.05) is 5.32 Å². The largest absolute Gasteiger partial charge is 0.437 e. The van der Waals surface area contributed by atoms with Gasteiger partial charge >= 0.3 is 12.2 Å². The average Bonchev–Trinajstić information content (AvgIpc) is 2.69. The highest BCUT2D eigenvalue weighted by atomic mass is 35.5. The first-order chi connectivity index (χ1) is 15.0. The lowest BCUT2D eigenvalue weighted by Crippen LogP contribution is -2.34. The summed E-state index contributed by atoms with van der Waals surface area (Å²) in [6.45, 7) is 0. The molecular weight excluding hydrogens is 477 g/mol. The maximum atomic E-state index is 13.6. The molecule has 3 rings (SSSR count). The van der Waals surface area contributed by atoms with E-state index in [9.17, 15) is 27.2 Å². The summed E-state index contributed by atoms with van der Waals surface area (Å²) in [5, 5.41) is 3.48. The van der Waals surface area contributed by atoms with Gasteiger partial charge in [0.1, 0.15) is 16.7 Å². The molecule has 0 fully saturated rings. The molecule has 0 saturated carbocycles. The number of hydrogen-bond acceptors (Lipinski definition) is 4. The summed E-state index contributed by atoms with van der Waals surface area (Å²) in [6.07, 6.45) is -4.66. The van der Waals surface area contributed by atoms with Crippen molar-refractivity contribution >= 4 is 40.8 Å². The maximum absolute atomic E-state index is 13.6. The number of ether oxygens (including phenoxy) is 1. The molecule has 0 atom stereocenters. The fraction of sp³-hybridized carbons (Fsp3) is 0.0500. The van der Waals surface area contributed by atoms with E-state index < -0.39 is 34.6 Å². The van der Waals surface area contributed by atoms with Gasteiger partial charge in [0.25, 0.3) is 5.91 Å². The molecule has 3 amide bonds. The summed E-state index contributed by atoms with van der Waals surface area (Å²) in [7, 11) is 0. The standard InChI is InChI=1S/C20H11Cl2F4N3O3/c21-13-9-10(27-19(31)29-18(30)11-3-1-2-4-14(11)23)5-7-15(13)32-16-8-6-12(17(22)28-16)20(24,25)26/h1-9H,(H2,27,29,30,31). The van der Waals surface area contributed by atoms with Crippen molar-refractivity contribution in [2.45, 2.75) is 6.18 Å². The second-order valence-electron chi connectivity index (χ2n) is 6.12. The van der Waals surface area contributed by atoms with E-state index in [2.05, 4.69) is 10.3 Å². The molecule has 0 aliphatic rings. The van der Waals surface area contributed by atoms with Gasteiger partial charge in [-0.1, -0.05) is 35.3 Å². The molecule has 12 heteroatoms. The second-order valence-corrected chi connectivity index (χ2v) is 6.89. The summed E-state index contributed by atoms with van der Waals surface area (Å²) < 4.78 is 57.2. The third-order valence-corrected chi connectivity index (χ3v) is 4.46. The molecule has 0 aliphatic carbocycles. The Morgan fingerprint density at radius 3 is 2.34 bits per heavy atom. The van der Waals surface area contributed by atoms with Crippen LogP contribution in [0.4, 0.5) is 28.0 Å². The van der Waals surface area contributed by atoms with Crippen LogP contribution in [0.25, 0.3) is 0 Å². The Hall–Kier alpha value is -3.37. The van der Waals surface area contributed by atoms with Crippen LogP contribution in [0.1, 0.15) is 15.9 Å². The lowest BCUT2D eigenvalue weighted by atomic mass is 10.2. The first-order valence-electron chi connectivity index (χ1n) is 8.62. The zero-order valence-electron chi connectivity index (χ0n) is 15.6. The molecular formula is C20H11Cl2F4N3O3. The Bertz CT molecular complexity index is 1190. The van der Waals surface area contributed by atoms with E-state index in [1.54, 1.807) is 0 Å². The number of urea groups is 1. The predicted octanol–water partition coefficient (Wildman–Crippen LogP) is 6.30. The number of imide groups is 1. The van der Waals surface area contributed by atoms with E-state index in [0.717, 1.165) is 12.1 Å². The number of amides is 3. The van der Waals surface area contributed by atoms with Gasteiger partial charge in [0.05, 0.1) is 16.1 Å². The third kappa shape index (κ3) is 5.65. The highest BCUT2D eigenvalue weighted by molar-refractivity contribution is 6.32. The third-order valence-electron chi connectivity index (χ3n) is 3.88. The normalized spacial score (nSPS) is 11.1. The first-order valence-corrected chi connectivity index (χ1v) is 9.38. The van der Waals surface area contributed by atoms with Gasteiger partial charge < -0.3 is 10.1 Å². The van der Waals surface area contributed by atoms with Gasteiger partial charge in [0, 0.05) is 11.8 Å². The Morgan fingerprint density at radius 2 is 1.72 bits per heavy atom. The van der Waals surface area contributed by atoms with Gasteiger partial charge in [-0.15, -0.1) is 0 Å². The topological polar surface area (TPSA) is 80.3 Å². The van der Waals surface area contributed by atoms with Crippen molar-refractivity contribution in [3.05, 3.63) is 81.7 Å². The van der Waals surface area contributed by atoms with Crippen LogP contribution in [-0.4, -0.2) is 16.9 Å². The molecule has 0 saturated heterocycles. The van der Waals surface area contributed by atoms with Crippen molar-refractivity contribution in [3.8, 4) is 11.6 Å². The van der Waals surface area contributed by atoms with E-state index in [-0.39, 0.29) is 27.9 Å². The molecule has 0 spiro atoms. The Balaban J connectivity index is 1.66. The fourth-order valence-corrected chi connectivity index (χ4v) is 2.91. The quantitative estimate of drug-likeness (QED) is 0.334. The van der Waals surface area contributed by atoms with Gasteiger partial charge in [-0.05, 0) is 36.4 Å². The number of carbonyl (C=O) groups is 2. The highest BCUT2D eigenvalue weighted by Crippen LogP contribution is 2.36. The number of nitrogens with zero attached hydrogens (tertiary/aromatic N) is 1. The molecule has 2 N–H and O–H groups in total. The van der Waals surface area contributed by atoms with Crippen LogP contribution in [0.3, 0.4) is 0 Å². The first kappa shape index (κ1) is 23.3. The number of carbonyl (C=O) groups excluding carboxylic acids is 2. The van der Waals surface area contributed by atoms with Crippen LogP contribution in [0.5, 0.6) is 11.6 Å². The van der Waals surface area contributed by atoms with E-state index in [1.165, 1.54) is 36.4 Å². The minimum Gasteiger partial charge on any atom is -0.437 e. The van der Waals surface area contributed by atoms with Crippen molar-refractivity contribution < 1.29 is 31.9 Å². The van der Waals surface area contributed by atoms with E-state index in [4.69, 9.17) is 27.9 Å². The van der Waals surface area contributed by atoms with Crippen molar-refractivity contribution in [3.63, 3.8) is 0 Å². The number of halogens is 6. The van der Waals surface area contributed by atoms with Crippen LogP contribution < -0.4 is 15.4 Å². The molecule has 0 bridgehead atoms. The van der Waals surface area contributed by atoms with Crippen LogP contribution in [0.2, 0.25) is 10.2 Å². The van der Waals surface area contributed by atoms with Crippen molar-refractivity contribution in [2.24, 2.45) is 0 Å². The number of aromatic nitrogens is 1. The maximum Gasteiger partial charge on any atom is 0.419 e. The molecule has 1 heterocycles. The molecule has 0 aliphatic heterocycles. The molecule has 2 aromatic carbocycles. The van der Waals surface area contributed by atoms with Crippen LogP contribution in [-0.2, 0) is 6.18 Å². The summed E-state index contributed by atoms with van der Waals surface area (Å²) in [5.74, 6) is -1.96. The Kier molecular flexibility index (Phi) is 6.85. The average molecular weight is 488 g/mol. The van der Waals surface area contributed by atoms with Gasteiger partial charge in [0.2, 0.25) is 5.88 Å². The lowest BCUT2D eigenvalue weighted by Gasteiger charge is -2.12. The van der Waals surface area contributed by atoms with E-state index in [0.29, 0.717) is 6.07 Å². The monoisotopic (exact) mass is 487 g/mol. The number of pyridine rings is 1.